The van der Waals surface area contributed by atoms with Gasteiger partial charge in [0.25, 0.3) is 0 Å². The number of carbonyl (C=O) groups is 2. The average Bonchev–Trinajstić information content (AvgIpc) is 2.38. The number of piperidine rings is 1. The van der Waals surface area contributed by atoms with Crippen LogP contribution in [0.25, 0.3) is 0 Å². The summed E-state index contributed by atoms with van der Waals surface area (Å²) in [6, 6.07) is -0.199. The molecule has 2 aliphatic heterocycles. The highest BCUT2D eigenvalue weighted by molar-refractivity contribution is 5.84. The Morgan fingerprint density at radius 2 is 2.12 bits per heavy atom. The Bertz CT molecular complexity index is 289. The first-order valence-corrected chi connectivity index (χ1v) is 6.27. The Hall–Kier alpha value is -1.14. The van der Waals surface area contributed by atoms with Crippen molar-refractivity contribution in [2.24, 2.45) is 0 Å². The molecule has 2 aliphatic rings. The van der Waals surface area contributed by atoms with Gasteiger partial charge < -0.3 is 15.5 Å². The minimum atomic E-state index is -0.199. The Labute approximate surface area is 101 Å². The van der Waals surface area contributed by atoms with Crippen LogP contribution < -0.4 is 16.0 Å². The third-order valence-electron chi connectivity index (χ3n) is 3.25. The molecule has 2 heterocycles. The molecule has 3 N–H and O–H groups in total. The third-order valence-corrected chi connectivity index (χ3v) is 3.25. The first-order chi connectivity index (χ1) is 8.27. The predicted octanol–water partition coefficient (Wildman–Crippen LogP) is -1.71. The van der Waals surface area contributed by atoms with E-state index in [1.54, 1.807) is 0 Å². The minimum absolute atomic E-state index is 0.0179. The van der Waals surface area contributed by atoms with E-state index in [1.807, 2.05) is 4.90 Å². The van der Waals surface area contributed by atoms with Crippen molar-refractivity contribution >= 4 is 11.8 Å². The number of amides is 2. The largest absolute Gasteiger partial charge is 0.355 e. The Morgan fingerprint density at radius 3 is 2.82 bits per heavy atom. The highest BCUT2D eigenvalue weighted by Crippen LogP contribution is 2.02. The number of piperazine rings is 1. The van der Waals surface area contributed by atoms with E-state index in [9.17, 15) is 9.59 Å². The van der Waals surface area contributed by atoms with Crippen molar-refractivity contribution in [3.05, 3.63) is 0 Å². The first-order valence-electron chi connectivity index (χ1n) is 6.27. The number of hydrogen-bond donors (Lipinski definition) is 3. The molecule has 2 rings (SSSR count). The summed E-state index contributed by atoms with van der Waals surface area (Å²) in [5, 5.41) is 9.05. The van der Waals surface area contributed by atoms with Gasteiger partial charge in [0.15, 0.2) is 0 Å². The molecule has 2 fully saturated rings. The third kappa shape index (κ3) is 3.41. The maximum Gasteiger partial charge on any atom is 0.237 e. The lowest BCUT2D eigenvalue weighted by Gasteiger charge is -2.29. The van der Waals surface area contributed by atoms with E-state index in [1.165, 1.54) is 0 Å². The van der Waals surface area contributed by atoms with E-state index in [-0.39, 0.29) is 24.4 Å². The van der Waals surface area contributed by atoms with E-state index >= 15 is 0 Å². The smallest absolute Gasteiger partial charge is 0.237 e. The number of nitrogens with one attached hydrogen (secondary N) is 3. The molecule has 6 heteroatoms. The van der Waals surface area contributed by atoms with Gasteiger partial charge in [0.1, 0.15) is 0 Å². The zero-order valence-corrected chi connectivity index (χ0v) is 10.00. The van der Waals surface area contributed by atoms with Crippen LogP contribution in [0.15, 0.2) is 0 Å². The standard InChI is InChI=1S/C11H20N4O2/c16-10(15-6-4-12-5-7-15)8-14-9-2-1-3-13-11(9)17/h9,12,14H,1-8H2,(H,13,17). The second kappa shape index (κ2) is 5.97. The maximum absolute atomic E-state index is 11.9. The van der Waals surface area contributed by atoms with Crippen LogP contribution >= 0.6 is 0 Å². The zero-order valence-electron chi connectivity index (χ0n) is 10.00. The lowest BCUT2D eigenvalue weighted by molar-refractivity contribution is -0.131. The van der Waals surface area contributed by atoms with Gasteiger partial charge in [-0.1, -0.05) is 0 Å². The highest BCUT2D eigenvalue weighted by atomic mass is 16.2. The van der Waals surface area contributed by atoms with Crippen LogP contribution in [0.1, 0.15) is 12.8 Å². The Morgan fingerprint density at radius 1 is 1.35 bits per heavy atom. The van der Waals surface area contributed by atoms with E-state index in [0.717, 1.165) is 45.6 Å². The van der Waals surface area contributed by atoms with Crippen LogP contribution in [0.5, 0.6) is 0 Å². The maximum atomic E-state index is 11.9. The molecule has 2 amide bonds. The van der Waals surface area contributed by atoms with Gasteiger partial charge in [-0.25, -0.2) is 0 Å². The number of nitrogens with zero attached hydrogens (tertiary/aromatic N) is 1. The van der Waals surface area contributed by atoms with Crippen molar-refractivity contribution in [3.8, 4) is 0 Å². The summed E-state index contributed by atoms with van der Waals surface area (Å²) in [6.07, 6.45) is 1.80. The van der Waals surface area contributed by atoms with E-state index in [2.05, 4.69) is 16.0 Å². The number of hydrogen-bond acceptors (Lipinski definition) is 4. The molecule has 2 saturated heterocycles. The molecule has 0 saturated carbocycles. The van der Waals surface area contributed by atoms with E-state index in [4.69, 9.17) is 0 Å². The summed E-state index contributed by atoms with van der Waals surface area (Å²) >= 11 is 0. The SMILES string of the molecule is O=C1NCCCC1NCC(=O)N1CCNCC1. The summed E-state index contributed by atoms with van der Waals surface area (Å²) < 4.78 is 0. The summed E-state index contributed by atoms with van der Waals surface area (Å²) in [7, 11) is 0. The Kier molecular flexibility index (Phi) is 4.33. The molecular weight excluding hydrogens is 220 g/mol. The normalized spacial score (nSPS) is 25.5. The highest BCUT2D eigenvalue weighted by Gasteiger charge is 2.23. The second-order valence-corrected chi connectivity index (χ2v) is 4.50. The molecule has 17 heavy (non-hydrogen) atoms. The van der Waals surface area contributed by atoms with Crippen molar-refractivity contribution in [3.63, 3.8) is 0 Å². The molecule has 0 radical (unpaired) electrons. The van der Waals surface area contributed by atoms with Gasteiger partial charge in [-0.3, -0.25) is 14.9 Å². The van der Waals surface area contributed by atoms with Gasteiger partial charge in [0.05, 0.1) is 12.6 Å². The molecule has 0 bridgehead atoms. The Balaban J connectivity index is 1.73. The lowest BCUT2D eigenvalue weighted by atomic mass is 10.1. The molecular formula is C11H20N4O2. The molecule has 0 aromatic rings. The van der Waals surface area contributed by atoms with Gasteiger partial charge in [-0.15, -0.1) is 0 Å². The summed E-state index contributed by atoms with van der Waals surface area (Å²) in [4.78, 5) is 25.2. The zero-order chi connectivity index (χ0) is 12.1. The summed E-state index contributed by atoms with van der Waals surface area (Å²) in [6.45, 7) is 4.25. The van der Waals surface area contributed by atoms with Gasteiger partial charge >= 0.3 is 0 Å². The molecule has 0 spiro atoms. The second-order valence-electron chi connectivity index (χ2n) is 4.50. The van der Waals surface area contributed by atoms with Crippen molar-refractivity contribution < 1.29 is 9.59 Å². The first kappa shape index (κ1) is 12.3. The molecule has 1 atom stereocenters. The molecule has 96 valence electrons. The summed E-state index contributed by atoms with van der Waals surface area (Å²) in [5.74, 6) is 0.106. The quantitative estimate of drug-likeness (QED) is 0.549. The van der Waals surface area contributed by atoms with Gasteiger partial charge in [-0.05, 0) is 12.8 Å². The van der Waals surface area contributed by atoms with Gasteiger partial charge in [0.2, 0.25) is 11.8 Å². The fourth-order valence-corrected chi connectivity index (χ4v) is 2.20. The fraction of sp³-hybridized carbons (Fsp3) is 0.818. The molecule has 0 aromatic carbocycles. The topological polar surface area (TPSA) is 73.5 Å². The van der Waals surface area contributed by atoms with Crippen LogP contribution in [0.2, 0.25) is 0 Å². The lowest BCUT2D eigenvalue weighted by Crippen LogP contribution is -2.53. The molecule has 1 unspecified atom stereocenters. The van der Waals surface area contributed by atoms with Gasteiger partial charge in [-0.2, -0.15) is 0 Å². The van der Waals surface area contributed by atoms with Crippen LogP contribution in [-0.2, 0) is 9.59 Å². The van der Waals surface area contributed by atoms with Crippen molar-refractivity contribution in [1.82, 2.24) is 20.9 Å². The van der Waals surface area contributed by atoms with Crippen LogP contribution in [0.4, 0.5) is 0 Å². The van der Waals surface area contributed by atoms with Crippen molar-refractivity contribution in [2.75, 3.05) is 39.3 Å². The van der Waals surface area contributed by atoms with E-state index < -0.39 is 0 Å². The van der Waals surface area contributed by atoms with Crippen LogP contribution in [0, 0.1) is 0 Å². The van der Waals surface area contributed by atoms with Gasteiger partial charge in [0, 0.05) is 32.7 Å². The van der Waals surface area contributed by atoms with E-state index in [0.29, 0.717) is 0 Å². The molecule has 6 nitrogen and oxygen atoms in total. The molecule has 0 aliphatic carbocycles. The monoisotopic (exact) mass is 240 g/mol. The minimum Gasteiger partial charge on any atom is -0.355 e. The molecule has 0 aromatic heterocycles. The number of rotatable bonds is 3. The van der Waals surface area contributed by atoms with Crippen molar-refractivity contribution in [1.29, 1.82) is 0 Å². The summed E-state index contributed by atoms with van der Waals surface area (Å²) in [5.41, 5.74) is 0. The fourth-order valence-electron chi connectivity index (χ4n) is 2.20. The van der Waals surface area contributed by atoms with Crippen LogP contribution in [0.3, 0.4) is 0 Å². The van der Waals surface area contributed by atoms with Crippen molar-refractivity contribution in [2.45, 2.75) is 18.9 Å². The van der Waals surface area contributed by atoms with Crippen LogP contribution in [-0.4, -0.2) is 62.0 Å². The predicted molar refractivity (Wildman–Crippen MR) is 63.5 cm³/mol. The average molecular weight is 240 g/mol. The number of carbonyl (C=O) groups excluding carboxylic acids is 2.